The summed E-state index contributed by atoms with van der Waals surface area (Å²) in [5.41, 5.74) is -0.396. The second-order valence-corrected chi connectivity index (χ2v) is 3.88. The fraction of sp³-hybridized carbons (Fsp3) is 0.636. The molecule has 0 unspecified atom stereocenters. The molecule has 0 heterocycles. The standard InChI is InChI=1S/C11H19NO2/c1-5-7-10(14)12(9-13)11(3,4)8-6-2/h5,7,9H,6,8H2,1-4H3/b7-5-. The summed E-state index contributed by atoms with van der Waals surface area (Å²) in [6.07, 6.45) is 5.42. The van der Waals surface area contributed by atoms with Gasteiger partial charge in [0.1, 0.15) is 0 Å². The van der Waals surface area contributed by atoms with Gasteiger partial charge in [0, 0.05) is 5.54 Å². The molecule has 0 saturated carbocycles. The van der Waals surface area contributed by atoms with Gasteiger partial charge in [0.15, 0.2) is 0 Å². The fourth-order valence-corrected chi connectivity index (χ4v) is 1.45. The van der Waals surface area contributed by atoms with E-state index < -0.39 is 5.54 Å². The van der Waals surface area contributed by atoms with Gasteiger partial charge >= 0.3 is 0 Å². The monoisotopic (exact) mass is 197 g/mol. The lowest BCUT2D eigenvalue weighted by atomic mass is 9.97. The second-order valence-electron chi connectivity index (χ2n) is 3.88. The summed E-state index contributed by atoms with van der Waals surface area (Å²) >= 11 is 0. The molecule has 3 heteroatoms. The molecule has 3 nitrogen and oxygen atoms in total. The molecule has 0 aromatic heterocycles. The van der Waals surface area contributed by atoms with E-state index >= 15 is 0 Å². The van der Waals surface area contributed by atoms with Crippen LogP contribution in [0.4, 0.5) is 0 Å². The Balaban J connectivity index is 4.69. The molecule has 0 N–H and O–H groups in total. The van der Waals surface area contributed by atoms with Crippen molar-refractivity contribution < 1.29 is 9.59 Å². The Morgan fingerprint density at radius 3 is 2.36 bits per heavy atom. The minimum atomic E-state index is -0.396. The van der Waals surface area contributed by atoms with Crippen LogP contribution in [0.25, 0.3) is 0 Å². The summed E-state index contributed by atoms with van der Waals surface area (Å²) in [7, 11) is 0. The van der Waals surface area contributed by atoms with Gasteiger partial charge in [-0.15, -0.1) is 0 Å². The van der Waals surface area contributed by atoms with Crippen LogP contribution < -0.4 is 0 Å². The minimum Gasteiger partial charge on any atom is -0.278 e. The smallest absolute Gasteiger partial charge is 0.253 e. The Morgan fingerprint density at radius 2 is 2.00 bits per heavy atom. The summed E-state index contributed by atoms with van der Waals surface area (Å²) in [5, 5.41) is 0. The average molecular weight is 197 g/mol. The summed E-state index contributed by atoms with van der Waals surface area (Å²) in [5.74, 6) is -0.249. The molecule has 0 fully saturated rings. The van der Waals surface area contributed by atoms with E-state index in [4.69, 9.17) is 0 Å². The van der Waals surface area contributed by atoms with Crippen LogP contribution in [-0.2, 0) is 9.59 Å². The molecule has 0 rings (SSSR count). The van der Waals surface area contributed by atoms with Crippen LogP contribution >= 0.6 is 0 Å². The van der Waals surface area contributed by atoms with Crippen molar-refractivity contribution in [1.82, 2.24) is 4.90 Å². The molecule has 0 aliphatic rings. The first-order chi connectivity index (χ1) is 6.49. The topological polar surface area (TPSA) is 37.4 Å². The van der Waals surface area contributed by atoms with Gasteiger partial charge in [0.25, 0.3) is 5.91 Å². The van der Waals surface area contributed by atoms with E-state index in [1.165, 1.54) is 11.0 Å². The van der Waals surface area contributed by atoms with Crippen LogP contribution in [0.2, 0.25) is 0 Å². The molecule has 2 amide bonds. The summed E-state index contributed by atoms with van der Waals surface area (Å²) in [6.45, 7) is 7.58. The summed E-state index contributed by atoms with van der Waals surface area (Å²) in [4.78, 5) is 23.6. The minimum absolute atomic E-state index is 0.249. The Hall–Kier alpha value is -1.12. The molecular weight excluding hydrogens is 178 g/mol. The van der Waals surface area contributed by atoms with Crippen molar-refractivity contribution in [2.75, 3.05) is 0 Å². The maximum Gasteiger partial charge on any atom is 0.253 e. The quantitative estimate of drug-likeness (QED) is 0.500. The highest BCUT2D eigenvalue weighted by Gasteiger charge is 2.28. The molecule has 0 aromatic rings. The molecule has 0 radical (unpaired) electrons. The average Bonchev–Trinajstić information content (AvgIpc) is 2.04. The zero-order valence-corrected chi connectivity index (χ0v) is 9.41. The number of carbonyl (C=O) groups is 2. The van der Waals surface area contributed by atoms with Crippen LogP contribution in [-0.4, -0.2) is 22.8 Å². The first-order valence-corrected chi connectivity index (χ1v) is 4.91. The van der Waals surface area contributed by atoms with Gasteiger partial charge in [-0.25, -0.2) is 0 Å². The molecule has 14 heavy (non-hydrogen) atoms. The highest BCUT2D eigenvalue weighted by atomic mass is 16.2. The van der Waals surface area contributed by atoms with Crippen molar-refractivity contribution in [3.8, 4) is 0 Å². The zero-order valence-electron chi connectivity index (χ0n) is 9.41. The molecule has 0 spiro atoms. The van der Waals surface area contributed by atoms with Crippen LogP contribution in [0.3, 0.4) is 0 Å². The predicted molar refractivity (Wildman–Crippen MR) is 56.7 cm³/mol. The van der Waals surface area contributed by atoms with Crippen molar-refractivity contribution in [2.24, 2.45) is 0 Å². The maximum absolute atomic E-state index is 11.5. The third-order valence-corrected chi connectivity index (χ3v) is 2.17. The van der Waals surface area contributed by atoms with E-state index in [1.54, 1.807) is 13.0 Å². The number of carbonyl (C=O) groups excluding carboxylic acids is 2. The van der Waals surface area contributed by atoms with Crippen LogP contribution in [0, 0.1) is 0 Å². The number of hydrogen-bond acceptors (Lipinski definition) is 2. The predicted octanol–water partition coefficient (Wildman–Crippen LogP) is 2.13. The van der Waals surface area contributed by atoms with Gasteiger partial charge < -0.3 is 0 Å². The summed E-state index contributed by atoms with van der Waals surface area (Å²) < 4.78 is 0. The van der Waals surface area contributed by atoms with Crippen molar-refractivity contribution in [1.29, 1.82) is 0 Å². The maximum atomic E-state index is 11.5. The first-order valence-electron chi connectivity index (χ1n) is 4.91. The number of amides is 2. The van der Waals surface area contributed by atoms with Crippen molar-refractivity contribution in [3.05, 3.63) is 12.2 Å². The van der Waals surface area contributed by atoms with Crippen LogP contribution in [0.5, 0.6) is 0 Å². The van der Waals surface area contributed by atoms with Crippen LogP contribution in [0.15, 0.2) is 12.2 Å². The number of hydrogen-bond donors (Lipinski definition) is 0. The zero-order chi connectivity index (χ0) is 11.2. The number of nitrogens with zero attached hydrogens (tertiary/aromatic N) is 1. The van der Waals surface area contributed by atoms with E-state index in [1.807, 2.05) is 20.8 Å². The van der Waals surface area contributed by atoms with E-state index in [-0.39, 0.29) is 5.91 Å². The molecule has 80 valence electrons. The number of imide groups is 1. The van der Waals surface area contributed by atoms with E-state index in [0.717, 1.165) is 12.8 Å². The highest BCUT2D eigenvalue weighted by molar-refractivity contribution is 5.95. The molecule has 0 aliphatic carbocycles. The Kier molecular flexibility index (Phi) is 5.13. The SMILES string of the molecule is C/C=C\C(=O)N(C=O)C(C)(C)CCC. The van der Waals surface area contributed by atoms with Gasteiger partial charge in [-0.3, -0.25) is 14.5 Å². The molecule has 0 saturated heterocycles. The van der Waals surface area contributed by atoms with E-state index in [9.17, 15) is 9.59 Å². The molecular formula is C11H19NO2. The number of rotatable bonds is 5. The van der Waals surface area contributed by atoms with Gasteiger partial charge in [0.05, 0.1) is 0 Å². The fourth-order valence-electron chi connectivity index (χ4n) is 1.45. The molecule has 0 aliphatic heterocycles. The highest BCUT2D eigenvalue weighted by Crippen LogP contribution is 2.19. The molecule has 0 atom stereocenters. The largest absolute Gasteiger partial charge is 0.278 e. The lowest BCUT2D eigenvalue weighted by molar-refractivity contribution is -0.140. The Bertz CT molecular complexity index is 231. The lowest BCUT2D eigenvalue weighted by Crippen LogP contribution is -2.46. The van der Waals surface area contributed by atoms with Crippen molar-refractivity contribution in [3.63, 3.8) is 0 Å². The van der Waals surface area contributed by atoms with Crippen LogP contribution in [0.1, 0.15) is 40.5 Å². The Labute approximate surface area is 85.8 Å². The first kappa shape index (κ1) is 12.9. The van der Waals surface area contributed by atoms with Gasteiger partial charge in [-0.1, -0.05) is 19.4 Å². The van der Waals surface area contributed by atoms with E-state index in [2.05, 4.69) is 0 Å². The molecule has 0 bridgehead atoms. The normalized spacial score (nSPS) is 11.7. The third-order valence-electron chi connectivity index (χ3n) is 2.17. The second kappa shape index (κ2) is 5.58. The number of allylic oxidation sites excluding steroid dienone is 1. The lowest BCUT2D eigenvalue weighted by Gasteiger charge is -2.33. The summed E-state index contributed by atoms with van der Waals surface area (Å²) in [6, 6.07) is 0. The van der Waals surface area contributed by atoms with E-state index in [0.29, 0.717) is 6.41 Å². The van der Waals surface area contributed by atoms with Crippen molar-refractivity contribution >= 4 is 12.3 Å². The van der Waals surface area contributed by atoms with Gasteiger partial charge in [-0.2, -0.15) is 0 Å². The molecule has 0 aromatic carbocycles. The van der Waals surface area contributed by atoms with Crippen molar-refractivity contribution in [2.45, 2.75) is 46.1 Å². The van der Waals surface area contributed by atoms with Gasteiger partial charge in [0.2, 0.25) is 6.41 Å². The third kappa shape index (κ3) is 3.32. The Morgan fingerprint density at radius 1 is 1.43 bits per heavy atom. The van der Waals surface area contributed by atoms with Gasteiger partial charge in [-0.05, 0) is 33.3 Å².